The van der Waals surface area contributed by atoms with Crippen molar-refractivity contribution >= 4 is 11.9 Å². The maximum atomic E-state index is 13.0. The van der Waals surface area contributed by atoms with Gasteiger partial charge in [-0.3, -0.25) is 9.69 Å². The Morgan fingerprint density at radius 2 is 1.89 bits per heavy atom. The molecule has 0 radical (unpaired) electrons. The van der Waals surface area contributed by atoms with E-state index in [1.807, 2.05) is 44.2 Å². The lowest BCUT2D eigenvalue weighted by Gasteiger charge is -2.23. The molecule has 1 N–H and O–H groups in total. The molecule has 1 aliphatic rings. The number of hydrogen-bond acceptors (Lipinski definition) is 4. The second-order valence-corrected chi connectivity index (χ2v) is 6.86. The highest BCUT2D eigenvalue weighted by molar-refractivity contribution is 6.07. The lowest BCUT2D eigenvalue weighted by atomic mass is 9.90. The molecule has 0 aliphatic carbocycles. The molecule has 0 aromatic heterocycles. The van der Waals surface area contributed by atoms with Crippen LogP contribution in [0.25, 0.3) is 0 Å². The van der Waals surface area contributed by atoms with Crippen molar-refractivity contribution in [3.05, 3.63) is 59.2 Å². The van der Waals surface area contributed by atoms with Crippen molar-refractivity contribution in [3.63, 3.8) is 0 Å². The number of carbonyl (C=O) groups excluding carboxylic acids is 2. The molecule has 142 valence electrons. The van der Waals surface area contributed by atoms with Gasteiger partial charge in [0, 0.05) is 0 Å². The number of amides is 3. The van der Waals surface area contributed by atoms with E-state index in [1.54, 1.807) is 26.2 Å². The molecule has 1 heterocycles. The Kier molecular flexibility index (Phi) is 5.08. The molecule has 1 saturated heterocycles. The summed E-state index contributed by atoms with van der Waals surface area (Å²) in [7, 11) is 1.60. The fourth-order valence-electron chi connectivity index (χ4n) is 3.25. The van der Waals surface area contributed by atoms with Crippen LogP contribution in [-0.2, 0) is 10.3 Å². The number of benzene rings is 2. The Hall–Kier alpha value is -3.02. The first-order valence-corrected chi connectivity index (χ1v) is 8.84. The molecule has 2 aromatic carbocycles. The molecule has 1 aliphatic heterocycles. The Morgan fingerprint density at radius 3 is 2.56 bits per heavy atom. The number of methoxy groups -OCH3 is 1. The highest BCUT2D eigenvalue weighted by atomic mass is 16.5. The third-order valence-electron chi connectivity index (χ3n) is 4.82. The quantitative estimate of drug-likeness (QED) is 0.796. The molecule has 2 aromatic rings. The summed E-state index contributed by atoms with van der Waals surface area (Å²) in [5.74, 6) is 1.17. The van der Waals surface area contributed by atoms with Gasteiger partial charge >= 0.3 is 6.03 Å². The molecule has 27 heavy (non-hydrogen) atoms. The molecule has 6 heteroatoms. The molecule has 1 fully saturated rings. The van der Waals surface area contributed by atoms with Crippen LogP contribution in [0, 0.1) is 13.8 Å². The summed E-state index contributed by atoms with van der Waals surface area (Å²) in [6.07, 6.45) is 0. The summed E-state index contributed by atoms with van der Waals surface area (Å²) in [5, 5.41) is 2.81. The van der Waals surface area contributed by atoms with Gasteiger partial charge in [0.05, 0.1) is 13.7 Å². The zero-order valence-corrected chi connectivity index (χ0v) is 16.0. The third kappa shape index (κ3) is 3.60. The smallest absolute Gasteiger partial charge is 0.325 e. The summed E-state index contributed by atoms with van der Waals surface area (Å²) < 4.78 is 10.9. The molecule has 0 bridgehead atoms. The van der Waals surface area contributed by atoms with E-state index < -0.39 is 11.6 Å². The lowest BCUT2D eigenvalue weighted by Crippen LogP contribution is -2.41. The van der Waals surface area contributed by atoms with Gasteiger partial charge in [0.15, 0.2) is 0 Å². The Labute approximate surface area is 159 Å². The fourth-order valence-corrected chi connectivity index (χ4v) is 3.25. The average molecular weight is 368 g/mol. The molecule has 3 amide bonds. The second kappa shape index (κ2) is 7.31. The Balaban J connectivity index is 1.71. The lowest BCUT2D eigenvalue weighted by molar-refractivity contribution is -0.131. The van der Waals surface area contributed by atoms with Crippen LogP contribution >= 0.6 is 0 Å². The molecule has 6 nitrogen and oxygen atoms in total. The maximum Gasteiger partial charge on any atom is 0.325 e. The van der Waals surface area contributed by atoms with Gasteiger partial charge in [-0.1, -0.05) is 18.2 Å². The summed E-state index contributed by atoms with van der Waals surface area (Å²) in [6, 6.07) is 12.7. The summed E-state index contributed by atoms with van der Waals surface area (Å²) in [6.45, 7) is 6.02. The van der Waals surface area contributed by atoms with Crippen LogP contribution in [0.3, 0.4) is 0 Å². The van der Waals surface area contributed by atoms with Crippen LogP contribution in [0.5, 0.6) is 11.5 Å². The summed E-state index contributed by atoms with van der Waals surface area (Å²) >= 11 is 0. The minimum absolute atomic E-state index is 0.184. The van der Waals surface area contributed by atoms with Crippen molar-refractivity contribution in [2.75, 3.05) is 20.3 Å². The molecular formula is C21H24N2O4. The van der Waals surface area contributed by atoms with E-state index in [2.05, 4.69) is 5.32 Å². The fraction of sp³-hybridized carbons (Fsp3) is 0.333. The number of urea groups is 1. The van der Waals surface area contributed by atoms with Crippen molar-refractivity contribution < 1.29 is 19.1 Å². The molecule has 1 unspecified atom stereocenters. The first kappa shape index (κ1) is 18.8. The minimum Gasteiger partial charge on any atom is -0.496 e. The molecule has 3 rings (SSSR count). The van der Waals surface area contributed by atoms with E-state index in [1.165, 1.54) is 4.90 Å². The maximum absolute atomic E-state index is 13.0. The Bertz CT molecular complexity index is 880. The van der Waals surface area contributed by atoms with Crippen molar-refractivity contribution in [2.24, 2.45) is 0 Å². The second-order valence-electron chi connectivity index (χ2n) is 6.86. The van der Waals surface area contributed by atoms with Gasteiger partial charge in [-0.15, -0.1) is 0 Å². The average Bonchev–Trinajstić information content (AvgIpc) is 2.85. The number of imide groups is 1. The molecular weight excluding hydrogens is 344 g/mol. The van der Waals surface area contributed by atoms with Crippen LogP contribution in [0.15, 0.2) is 42.5 Å². The SMILES string of the molecule is COc1ccc(C2(C)NC(=O)N(CCOc3cccc(C)c3)C2=O)cc1C. The van der Waals surface area contributed by atoms with E-state index in [9.17, 15) is 9.59 Å². The predicted molar refractivity (Wildman–Crippen MR) is 102 cm³/mol. The van der Waals surface area contributed by atoms with Gasteiger partial charge in [-0.25, -0.2) is 4.79 Å². The zero-order valence-electron chi connectivity index (χ0n) is 16.0. The van der Waals surface area contributed by atoms with Gasteiger partial charge in [0.2, 0.25) is 0 Å². The molecule has 0 spiro atoms. The molecule has 0 saturated carbocycles. The van der Waals surface area contributed by atoms with E-state index in [0.29, 0.717) is 0 Å². The van der Waals surface area contributed by atoms with Crippen LogP contribution in [0.4, 0.5) is 4.79 Å². The van der Waals surface area contributed by atoms with Crippen molar-refractivity contribution in [2.45, 2.75) is 26.3 Å². The highest BCUT2D eigenvalue weighted by Gasteiger charge is 2.48. The number of rotatable bonds is 6. The monoisotopic (exact) mass is 368 g/mol. The number of nitrogens with one attached hydrogen (secondary N) is 1. The normalized spacial score (nSPS) is 19.2. The van der Waals surface area contributed by atoms with Gasteiger partial charge < -0.3 is 14.8 Å². The van der Waals surface area contributed by atoms with E-state index >= 15 is 0 Å². The summed E-state index contributed by atoms with van der Waals surface area (Å²) in [4.78, 5) is 26.6. The van der Waals surface area contributed by atoms with Crippen molar-refractivity contribution in [3.8, 4) is 11.5 Å². The topological polar surface area (TPSA) is 67.9 Å². The van der Waals surface area contributed by atoms with Crippen molar-refractivity contribution in [1.29, 1.82) is 0 Å². The first-order valence-electron chi connectivity index (χ1n) is 8.84. The van der Waals surface area contributed by atoms with Gasteiger partial charge in [0.1, 0.15) is 23.6 Å². The van der Waals surface area contributed by atoms with E-state index in [-0.39, 0.29) is 19.1 Å². The van der Waals surface area contributed by atoms with E-state index in [4.69, 9.17) is 9.47 Å². The molecule has 1 atom stereocenters. The van der Waals surface area contributed by atoms with E-state index in [0.717, 1.165) is 28.2 Å². The number of carbonyl (C=O) groups is 2. The standard InChI is InChI=1S/C21H24N2O4/c1-14-6-5-7-17(12-14)27-11-10-23-19(24)21(3,22-20(23)25)16-8-9-18(26-4)15(2)13-16/h5-9,12-13H,10-11H2,1-4H3,(H,22,25). The van der Waals surface area contributed by atoms with Crippen LogP contribution in [0.2, 0.25) is 0 Å². The van der Waals surface area contributed by atoms with Crippen LogP contribution in [0.1, 0.15) is 23.6 Å². The number of ether oxygens (including phenoxy) is 2. The number of hydrogen-bond donors (Lipinski definition) is 1. The largest absolute Gasteiger partial charge is 0.496 e. The van der Waals surface area contributed by atoms with Gasteiger partial charge in [-0.2, -0.15) is 0 Å². The number of nitrogens with zero attached hydrogens (tertiary/aromatic N) is 1. The van der Waals surface area contributed by atoms with Crippen LogP contribution < -0.4 is 14.8 Å². The zero-order chi connectivity index (χ0) is 19.6. The number of aryl methyl sites for hydroxylation is 2. The van der Waals surface area contributed by atoms with Gasteiger partial charge in [0.25, 0.3) is 5.91 Å². The van der Waals surface area contributed by atoms with Gasteiger partial charge in [-0.05, 0) is 61.7 Å². The highest BCUT2D eigenvalue weighted by Crippen LogP contribution is 2.31. The third-order valence-corrected chi connectivity index (χ3v) is 4.82. The van der Waals surface area contributed by atoms with Crippen molar-refractivity contribution in [1.82, 2.24) is 10.2 Å². The predicted octanol–water partition coefficient (Wildman–Crippen LogP) is 3.16. The first-order chi connectivity index (χ1) is 12.8. The minimum atomic E-state index is -1.10. The van der Waals surface area contributed by atoms with Crippen LogP contribution in [-0.4, -0.2) is 37.1 Å². The summed E-state index contributed by atoms with van der Waals surface area (Å²) in [5.41, 5.74) is 1.61. The Morgan fingerprint density at radius 1 is 1.11 bits per heavy atom.